The smallest absolute Gasteiger partial charge is 0.355 e. The highest BCUT2D eigenvalue weighted by atomic mass is 31.2. The molecule has 0 aromatic heterocycles. The Bertz CT molecular complexity index is 465. The fourth-order valence-corrected chi connectivity index (χ4v) is 2.08. The van der Waals surface area contributed by atoms with Gasteiger partial charge in [0.1, 0.15) is 6.35 Å². The summed E-state index contributed by atoms with van der Waals surface area (Å²) in [5.74, 6) is -0.444. The molecule has 0 amide bonds. The van der Waals surface area contributed by atoms with Gasteiger partial charge in [-0.15, -0.1) is 0 Å². The molecule has 0 atom stereocenters. The van der Waals surface area contributed by atoms with Gasteiger partial charge in [-0.25, -0.2) is 4.79 Å². The number of carbonyl (C=O) groups excluding carboxylic acids is 1. The lowest BCUT2D eigenvalue weighted by Gasteiger charge is -2.14. The van der Waals surface area contributed by atoms with Gasteiger partial charge in [-0.3, -0.25) is 4.57 Å². The van der Waals surface area contributed by atoms with Gasteiger partial charge in [-0.2, -0.15) is 0 Å². The van der Waals surface area contributed by atoms with Gasteiger partial charge in [0.2, 0.25) is 0 Å². The first-order valence-electron chi connectivity index (χ1n) is 5.51. The van der Waals surface area contributed by atoms with Crippen molar-refractivity contribution >= 4 is 13.6 Å². The van der Waals surface area contributed by atoms with Gasteiger partial charge in [0.15, 0.2) is 0 Å². The van der Waals surface area contributed by atoms with Crippen LogP contribution in [0.15, 0.2) is 24.3 Å². The van der Waals surface area contributed by atoms with E-state index in [2.05, 4.69) is 4.74 Å². The number of hydrogen-bond donors (Lipinski definition) is 0. The summed E-state index contributed by atoms with van der Waals surface area (Å²) < 4.78 is 31.2. The maximum absolute atomic E-state index is 11.8. The van der Waals surface area contributed by atoms with Gasteiger partial charge in [-0.1, -0.05) is 18.2 Å². The topological polar surface area (TPSA) is 71.1 Å². The van der Waals surface area contributed by atoms with Gasteiger partial charge in [0.25, 0.3) is 0 Å². The van der Waals surface area contributed by atoms with Crippen LogP contribution >= 0.6 is 7.60 Å². The molecule has 0 fully saturated rings. The lowest BCUT2D eigenvalue weighted by atomic mass is 10.1. The van der Waals surface area contributed by atoms with Crippen molar-refractivity contribution in [3.8, 4) is 0 Å². The van der Waals surface area contributed by atoms with Crippen LogP contribution in [-0.2, 0) is 29.7 Å². The molecule has 0 aliphatic heterocycles. The van der Waals surface area contributed by atoms with Crippen molar-refractivity contribution < 1.29 is 27.9 Å². The zero-order chi connectivity index (χ0) is 14.3. The minimum atomic E-state index is -3.20. The second kappa shape index (κ2) is 7.40. The third-order valence-corrected chi connectivity index (χ3v) is 4.10. The molecule has 1 rings (SSSR count). The van der Waals surface area contributed by atoms with Crippen LogP contribution in [0.1, 0.15) is 15.9 Å². The van der Waals surface area contributed by atoms with Crippen molar-refractivity contribution in [3.63, 3.8) is 0 Å². The summed E-state index contributed by atoms with van der Waals surface area (Å²) in [6.45, 7) is 0.113. The summed E-state index contributed by atoms with van der Waals surface area (Å²) in [7, 11) is 0.683. The maximum Gasteiger partial charge on any atom is 0.355 e. The van der Waals surface area contributed by atoms with Crippen molar-refractivity contribution in [1.29, 1.82) is 0 Å². The summed E-state index contributed by atoms with van der Waals surface area (Å²) >= 11 is 0. The maximum atomic E-state index is 11.8. The molecule has 106 valence electrons. The summed E-state index contributed by atoms with van der Waals surface area (Å²) in [6.07, 6.45) is -0.185. The monoisotopic (exact) mass is 288 g/mol. The zero-order valence-corrected chi connectivity index (χ0v) is 12.0. The Labute approximate surface area is 112 Å². The van der Waals surface area contributed by atoms with Crippen molar-refractivity contribution in [2.45, 2.75) is 6.61 Å². The third-order valence-electron chi connectivity index (χ3n) is 2.49. The van der Waals surface area contributed by atoms with E-state index in [-0.39, 0.29) is 13.0 Å². The number of esters is 1. The molecule has 1 aromatic carbocycles. The van der Waals surface area contributed by atoms with E-state index in [1.165, 1.54) is 21.3 Å². The highest BCUT2D eigenvalue weighted by Gasteiger charge is 2.21. The van der Waals surface area contributed by atoms with Crippen molar-refractivity contribution in [2.24, 2.45) is 0 Å². The molecule has 0 unspecified atom stereocenters. The molecule has 7 heteroatoms. The number of carbonyl (C=O) groups is 1. The second-order valence-electron chi connectivity index (χ2n) is 3.60. The molecule has 0 spiro atoms. The zero-order valence-electron chi connectivity index (χ0n) is 11.1. The fraction of sp³-hybridized carbons (Fsp3) is 0.417. The van der Waals surface area contributed by atoms with E-state index < -0.39 is 13.6 Å². The van der Waals surface area contributed by atoms with Crippen LogP contribution in [0.4, 0.5) is 0 Å². The summed E-state index contributed by atoms with van der Waals surface area (Å²) in [4.78, 5) is 11.5. The van der Waals surface area contributed by atoms with Gasteiger partial charge < -0.3 is 18.5 Å². The minimum absolute atomic E-state index is 0.113. The highest BCUT2D eigenvalue weighted by molar-refractivity contribution is 7.53. The van der Waals surface area contributed by atoms with Gasteiger partial charge in [0.05, 0.1) is 19.3 Å². The SMILES string of the molecule is COC(=O)c1ccccc1COCP(=O)(OC)OC. The molecule has 1 aromatic rings. The van der Waals surface area contributed by atoms with Crippen LogP contribution in [0.3, 0.4) is 0 Å². The predicted octanol–water partition coefficient (Wildman–Crippen LogP) is 2.43. The summed E-state index contributed by atoms with van der Waals surface area (Å²) in [5.41, 5.74) is 1.06. The van der Waals surface area contributed by atoms with E-state index in [4.69, 9.17) is 13.8 Å². The first-order valence-corrected chi connectivity index (χ1v) is 7.23. The Balaban J connectivity index is 2.68. The first-order chi connectivity index (χ1) is 9.06. The van der Waals surface area contributed by atoms with Crippen LogP contribution in [-0.4, -0.2) is 33.6 Å². The molecular weight excluding hydrogens is 271 g/mol. The van der Waals surface area contributed by atoms with E-state index in [9.17, 15) is 9.36 Å². The molecular formula is C12H17O6P. The van der Waals surface area contributed by atoms with Crippen LogP contribution in [0.2, 0.25) is 0 Å². The highest BCUT2D eigenvalue weighted by Crippen LogP contribution is 2.46. The van der Waals surface area contributed by atoms with Crippen LogP contribution in [0, 0.1) is 0 Å². The van der Waals surface area contributed by atoms with Crippen LogP contribution in [0.5, 0.6) is 0 Å². The van der Waals surface area contributed by atoms with Crippen molar-refractivity contribution in [3.05, 3.63) is 35.4 Å². The number of hydrogen-bond acceptors (Lipinski definition) is 6. The number of rotatable bonds is 7. The standard InChI is InChI=1S/C12H17O6P/c1-15-12(13)11-7-5-4-6-10(11)8-18-9-19(14,16-2)17-3/h4-7H,8-9H2,1-3H3. The van der Waals surface area contributed by atoms with E-state index in [0.29, 0.717) is 11.1 Å². The minimum Gasteiger partial charge on any atom is -0.465 e. The molecule has 6 nitrogen and oxygen atoms in total. The lowest BCUT2D eigenvalue weighted by molar-refractivity contribution is 0.0594. The molecule has 0 saturated heterocycles. The number of benzene rings is 1. The largest absolute Gasteiger partial charge is 0.465 e. The Hall–Kier alpha value is -1.20. The van der Waals surface area contributed by atoms with Gasteiger partial charge in [0, 0.05) is 14.2 Å². The van der Waals surface area contributed by atoms with E-state index in [1.54, 1.807) is 24.3 Å². The van der Waals surface area contributed by atoms with E-state index >= 15 is 0 Å². The molecule has 19 heavy (non-hydrogen) atoms. The number of ether oxygens (including phenoxy) is 2. The first kappa shape index (κ1) is 15.9. The molecule has 0 aliphatic rings. The number of methoxy groups -OCH3 is 1. The molecule has 0 aliphatic carbocycles. The molecule has 0 radical (unpaired) electrons. The van der Waals surface area contributed by atoms with E-state index in [1.807, 2.05) is 0 Å². The predicted molar refractivity (Wildman–Crippen MR) is 69.1 cm³/mol. The van der Waals surface area contributed by atoms with Gasteiger partial charge in [-0.05, 0) is 11.6 Å². The van der Waals surface area contributed by atoms with Crippen LogP contribution < -0.4 is 0 Å². The average molecular weight is 288 g/mol. The second-order valence-corrected chi connectivity index (χ2v) is 5.81. The summed E-state index contributed by atoms with van der Waals surface area (Å²) in [5, 5.41) is 0. The normalized spacial score (nSPS) is 11.3. The molecule has 0 N–H and O–H groups in total. The van der Waals surface area contributed by atoms with Crippen molar-refractivity contribution in [2.75, 3.05) is 27.7 Å². The Morgan fingerprint density at radius 2 is 1.79 bits per heavy atom. The molecule has 0 heterocycles. The fourth-order valence-electron chi connectivity index (χ4n) is 1.40. The molecule has 0 saturated carbocycles. The molecule has 0 bridgehead atoms. The van der Waals surface area contributed by atoms with Crippen LogP contribution in [0.25, 0.3) is 0 Å². The Kier molecular flexibility index (Phi) is 6.18. The van der Waals surface area contributed by atoms with Gasteiger partial charge >= 0.3 is 13.6 Å². The Morgan fingerprint density at radius 1 is 1.16 bits per heavy atom. The Morgan fingerprint density at radius 3 is 2.37 bits per heavy atom. The van der Waals surface area contributed by atoms with E-state index in [0.717, 1.165) is 0 Å². The quantitative estimate of drug-likeness (QED) is 0.567. The lowest BCUT2D eigenvalue weighted by Crippen LogP contribution is -2.07. The average Bonchev–Trinajstić information content (AvgIpc) is 2.46. The third kappa shape index (κ3) is 4.44. The summed E-state index contributed by atoms with van der Waals surface area (Å²) in [6, 6.07) is 6.87. The van der Waals surface area contributed by atoms with Crippen molar-refractivity contribution in [1.82, 2.24) is 0 Å².